The van der Waals surface area contributed by atoms with Gasteiger partial charge in [-0.3, -0.25) is 9.69 Å². The molecule has 4 aromatic rings. The molecule has 182 valence electrons. The van der Waals surface area contributed by atoms with Gasteiger partial charge in [-0.1, -0.05) is 0 Å². The lowest BCUT2D eigenvalue weighted by Gasteiger charge is -2.36. The molecular weight excluding hydrogens is 448 g/mol. The topological polar surface area (TPSA) is 134 Å². The molecule has 1 aliphatic heterocycles. The van der Waals surface area contributed by atoms with Crippen LogP contribution in [-0.2, 0) is 0 Å². The lowest BCUT2D eigenvalue weighted by atomic mass is 10.1. The number of nitrogens with one attached hydrogen (secondary N) is 1. The molecular formula is C23H28N10O2. The van der Waals surface area contributed by atoms with Gasteiger partial charge in [-0.2, -0.15) is 19.5 Å². The fourth-order valence-electron chi connectivity index (χ4n) is 4.06. The van der Waals surface area contributed by atoms with Gasteiger partial charge in [-0.15, -0.1) is 5.10 Å². The van der Waals surface area contributed by atoms with Crippen molar-refractivity contribution in [3.05, 3.63) is 48.2 Å². The summed E-state index contributed by atoms with van der Waals surface area (Å²) >= 11 is 0. The maximum Gasteiger partial charge on any atom is 0.259 e. The van der Waals surface area contributed by atoms with Crippen LogP contribution in [0.5, 0.6) is 0 Å². The van der Waals surface area contributed by atoms with Crippen molar-refractivity contribution in [3.8, 4) is 11.6 Å². The number of nitrogens with two attached hydrogens (primary N) is 1. The highest BCUT2D eigenvalue weighted by Crippen LogP contribution is 2.19. The predicted molar refractivity (Wildman–Crippen MR) is 132 cm³/mol. The number of hydrogen-bond donors (Lipinski definition) is 2. The number of rotatable bonds is 7. The zero-order valence-electron chi connectivity index (χ0n) is 19.8. The minimum Gasteiger partial charge on any atom is -0.461 e. The molecule has 5 rings (SSSR count). The summed E-state index contributed by atoms with van der Waals surface area (Å²) in [5.41, 5.74) is 7.92. The van der Waals surface area contributed by atoms with E-state index in [1.54, 1.807) is 25.4 Å². The highest BCUT2D eigenvalue weighted by atomic mass is 16.3. The quantitative estimate of drug-likeness (QED) is 0.397. The summed E-state index contributed by atoms with van der Waals surface area (Å²) in [6, 6.07) is 11.3. The number of benzene rings is 1. The molecule has 35 heavy (non-hydrogen) atoms. The number of nitrogen functional groups attached to an aromatic ring is 1. The van der Waals surface area contributed by atoms with Gasteiger partial charge in [0.1, 0.15) is 0 Å². The molecule has 12 nitrogen and oxygen atoms in total. The number of amides is 1. The number of hydrogen-bond acceptors (Lipinski definition) is 10. The zero-order chi connectivity index (χ0) is 24.4. The third-order valence-corrected chi connectivity index (χ3v) is 6.15. The van der Waals surface area contributed by atoms with Crippen molar-refractivity contribution in [2.45, 2.75) is 0 Å². The highest BCUT2D eigenvalue weighted by molar-refractivity contribution is 5.94. The van der Waals surface area contributed by atoms with Crippen LogP contribution in [-0.4, -0.2) is 88.7 Å². The van der Waals surface area contributed by atoms with E-state index in [1.807, 2.05) is 36.2 Å². The van der Waals surface area contributed by atoms with Crippen molar-refractivity contribution < 1.29 is 9.21 Å². The maximum absolute atomic E-state index is 11.7. The first-order chi connectivity index (χ1) is 17.0. The lowest BCUT2D eigenvalue weighted by molar-refractivity contribution is 0.0963. The Labute approximate surface area is 202 Å². The van der Waals surface area contributed by atoms with Crippen molar-refractivity contribution in [1.82, 2.24) is 34.8 Å². The van der Waals surface area contributed by atoms with Crippen LogP contribution in [0.25, 0.3) is 17.4 Å². The van der Waals surface area contributed by atoms with Crippen LogP contribution >= 0.6 is 0 Å². The van der Waals surface area contributed by atoms with E-state index in [1.165, 1.54) is 4.52 Å². The summed E-state index contributed by atoms with van der Waals surface area (Å²) in [6.07, 6.45) is 1.57. The summed E-state index contributed by atoms with van der Waals surface area (Å²) in [5, 5.41) is 6.98. The van der Waals surface area contributed by atoms with Gasteiger partial charge in [0.05, 0.1) is 6.26 Å². The second-order valence-electron chi connectivity index (χ2n) is 8.38. The first-order valence-corrected chi connectivity index (χ1v) is 11.5. The number of carbonyl (C=O) groups is 1. The molecule has 0 spiro atoms. The molecule has 0 bridgehead atoms. The Morgan fingerprint density at radius 3 is 2.57 bits per heavy atom. The number of piperazine rings is 1. The average molecular weight is 477 g/mol. The molecule has 3 N–H and O–H groups in total. The first kappa shape index (κ1) is 22.6. The van der Waals surface area contributed by atoms with Gasteiger partial charge in [0.25, 0.3) is 11.7 Å². The second kappa shape index (κ2) is 9.58. The molecule has 1 aromatic carbocycles. The molecule has 1 aliphatic rings. The standard InChI is InChI=1S/C23H28N10O2/c1-25-20(34)16-5-7-17(8-6-16)32-13-11-31(12-14-32)10-9-30(2)22-27-21(24)33-23(28-22)26-19(29-33)18-4-3-15-35-18/h3-8,15H,9-14H2,1-2H3,(H,25,34)(H2,24,26,27,28,29). The van der Waals surface area contributed by atoms with Crippen LogP contribution in [0.15, 0.2) is 47.1 Å². The monoisotopic (exact) mass is 476 g/mol. The van der Waals surface area contributed by atoms with Crippen molar-refractivity contribution in [3.63, 3.8) is 0 Å². The highest BCUT2D eigenvalue weighted by Gasteiger charge is 2.19. The van der Waals surface area contributed by atoms with Crippen molar-refractivity contribution >= 4 is 29.3 Å². The number of anilines is 3. The molecule has 1 saturated heterocycles. The van der Waals surface area contributed by atoms with Gasteiger partial charge in [0.15, 0.2) is 5.76 Å². The fraction of sp³-hybridized carbons (Fsp3) is 0.348. The zero-order valence-corrected chi connectivity index (χ0v) is 19.8. The van der Waals surface area contributed by atoms with Crippen molar-refractivity contribution in [2.24, 2.45) is 0 Å². The predicted octanol–water partition coefficient (Wildman–Crippen LogP) is 0.980. The van der Waals surface area contributed by atoms with E-state index in [2.05, 4.69) is 35.2 Å². The van der Waals surface area contributed by atoms with Gasteiger partial charge >= 0.3 is 0 Å². The molecule has 4 heterocycles. The maximum atomic E-state index is 11.7. The Morgan fingerprint density at radius 1 is 1.11 bits per heavy atom. The molecule has 0 unspecified atom stereocenters. The number of nitrogens with zero attached hydrogens (tertiary/aromatic N) is 8. The minimum absolute atomic E-state index is 0.0719. The van der Waals surface area contributed by atoms with Crippen LogP contribution in [0.4, 0.5) is 17.6 Å². The lowest BCUT2D eigenvalue weighted by Crippen LogP contribution is -2.48. The molecule has 0 radical (unpaired) electrons. The average Bonchev–Trinajstić information content (AvgIpc) is 3.58. The first-order valence-electron chi connectivity index (χ1n) is 11.5. The third-order valence-electron chi connectivity index (χ3n) is 6.15. The van der Waals surface area contributed by atoms with Crippen molar-refractivity contribution in [1.29, 1.82) is 0 Å². The molecule has 3 aromatic heterocycles. The number of fused-ring (bicyclic) bond motifs is 1. The fourth-order valence-corrected chi connectivity index (χ4v) is 4.06. The van der Waals surface area contributed by atoms with Gasteiger partial charge in [0.2, 0.25) is 17.7 Å². The Bertz CT molecular complexity index is 1290. The van der Waals surface area contributed by atoms with Gasteiger partial charge in [0, 0.05) is 64.6 Å². The minimum atomic E-state index is -0.0719. The van der Waals surface area contributed by atoms with E-state index in [0.717, 1.165) is 45.0 Å². The second-order valence-corrected chi connectivity index (χ2v) is 8.38. The largest absolute Gasteiger partial charge is 0.461 e. The molecule has 0 aliphatic carbocycles. The van der Waals surface area contributed by atoms with Crippen LogP contribution in [0.2, 0.25) is 0 Å². The van der Waals surface area contributed by atoms with E-state index in [-0.39, 0.29) is 11.9 Å². The Kier molecular flexibility index (Phi) is 6.19. The van der Waals surface area contributed by atoms with Gasteiger partial charge in [-0.05, 0) is 36.4 Å². The third kappa shape index (κ3) is 4.73. The van der Waals surface area contributed by atoms with Crippen LogP contribution < -0.4 is 20.9 Å². The summed E-state index contributed by atoms with van der Waals surface area (Å²) in [6.45, 7) is 5.36. The summed E-state index contributed by atoms with van der Waals surface area (Å²) in [4.78, 5) is 31.8. The molecule has 1 amide bonds. The van der Waals surface area contributed by atoms with Gasteiger partial charge < -0.3 is 25.3 Å². The number of carbonyl (C=O) groups excluding carboxylic acids is 1. The summed E-state index contributed by atoms with van der Waals surface area (Å²) in [7, 11) is 3.58. The number of aromatic nitrogens is 5. The van der Waals surface area contributed by atoms with Crippen LogP contribution in [0.1, 0.15) is 10.4 Å². The Balaban J connectivity index is 1.16. The Hall–Kier alpha value is -4.19. The van der Waals surface area contributed by atoms with E-state index < -0.39 is 0 Å². The SMILES string of the molecule is CNC(=O)c1ccc(N2CCN(CCN(C)c3nc(N)n4nc(-c5ccco5)nc4n3)CC2)cc1. The molecule has 12 heteroatoms. The normalized spacial score (nSPS) is 14.4. The molecule has 0 atom stereocenters. The van der Waals surface area contributed by atoms with Crippen LogP contribution in [0.3, 0.4) is 0 Å². The van der Waals surface area contributed by atoms with E-state index in [9.17, 15) is 4.79 Å². The van der Waals surface area contributed by atoms with Crippen molar-refractivity contribution in [2.75, 3.05) is 68.9 Å². The van der Waals surface area contributed by atoms with E-state index in [4.69, 9.17) is 10.2 Å². The summed E-state index contributed by atoms with van der Waals surface area (Å²) in [5.74, 6) is 1.99. The van der Waals surface area contributed by atoms with Crippen LogP contribution in [0, 0.1) is 0 Å². The number of likely N-dealkylation sites (N-methyl/N-ethyl adjacent to an activating group) is 1. The van der Waals surface area contributed by atoms with E-state index >= 15 is 0 Å². The summed E-state index contributed by atoms with van der Waals surface area (Å²) < 4.78 is 6.78. The smallest absolute Gasteiger partial charge is 0.259 e. The molecule has 1 fully saturated rings. The van der Waals surface area contributed by atoms with E-state index in [0.29, 0.717) is 28.9 Å². The Morgan fingerprint density at radius 2 is 1.89 bits per heavy atom. The number of furan rings is 1. The molecule has 0 saturated carbocycles. The van der Waals surface area contributed by atoms with Gasteiger partial charge in [-0.25, -0.2) is 0 Å².